The number of primary amides is 1. The second kappa shape index (κ2) is 7.69. The third-order valence-electron chi connectivity index (χ3n) is 2.93. The number of nitrogens with zero attached hydrogens (tertiary/aromatic N) is 4. The normalized spacial score (nSPS) is 11.5. The Labute approximate surface area is 134 Å². The zero-order chi connectivity index (χ0) is 16.7. The Hall–Kier alpha value is -3.22. The second-order valence-electron chi connectivity index (χ2n) is 4.89. The minimum Gasteiger partial charge on any atom is -0.378 e. The van der Waals surface area contributed by atoms with Gasteiger partial charge in [0.2, 0.25) is 5.84 Å². The summed E-state index contributed by atoms with van der Waals surface area (Å²) in [5.74, 6) is 0.262. The fourth-order valence-electron chi connectivity index (χ4n) is 1.76. The number of carbonyl (C=O) groups is 1. The topological polar surface area (TPSA) is 95.4 Å². The first kappa shape index (κ1) is 16.2. The summed E-state index contributed by atoms with van der Waals surface area (Å²) in [5, 5.41) is 12.1. The summed E-state index contributed by atoms with van der Waals surface area (Å²) in [5.41, 5.74) is 9.67. The molecule has 0 fully saturated rings. The summed E-state index contributed by atoms with van der Waals surface area (Å²) in [6.45, 7) is 0. The van der Waals surface area contributed by atoms with E-state index in [1.807, 2.05) is 73.6 Å². The highest BCUT2D eigenvalue weighted by Gasteiger charge is 2.05. The van der Waals surface area contributed by atoms with Crippen LogP contribution in [0.5, 0.6) is 0 Å². The number of rotatable bonds is 4. The number of amides is 2. The Morgan fingerprint density at radius 3 is 2.26 bits per heavy atom. The maximum absolute atomic E-state index is 10.9. The van der Waals surface area contributed by atoms with E-state index in [1.165, 1.54) is 0 Å². The lowest BCUT2D eigenvalue weighted by atomic mass is 10.2. The third kappa shape index (κ3) is 4.92. The number of azo groups is 1. The highest BCUT2D eigenvalue weighted by atomic mass is 16.2. The first-order valence-corrected chi connectivity index (χ1v) is 6.94. The van der Waals surface area contributed by atoms with E-state index < -0.39 is 6.03 Å². The molecule has 7 heteroatoms. The van der Waals surface area contributed by atoms with Crippen LogP contribution in [0.4, 0.5) is 16.2 Å². The number of amidine groups is 1. The van der Waals surface area contributed by atoms with E-state index in [2.05, 4.69) is 20.8 Å². The van der Waals surface area contributed by atoms with Gasteiger partial charge in [-0.25, -0.2) is 10.2 Å². The van der Waals surface area contributed by atoms with Crippen LogP contribution >= 0.6 is 0 Å². The molecule has 3 N–H and O–H groups in total. The molecule has 0 aromatic heterocycles. The van der Waals surface area contributed by atoms with Gasteiger partial charge in [-0.05, 0) is 36.4 Å². The molecule has 2 amide bonds. The van der Waals surface area contributed by atoms with Crippen molar-refractivity contribution in [1.82, 2.24) is 5.43 Å². The molecule has 2 rings (SSSR count). The maximum atomic E-state index is 10.9. The molecular weight excluding hydrogens is 292 g/mol. The van der Waals surface area contributed by atoms with Crippen LogP contribution in [-0.2, 0) is 0 Å². The Morgan fingerprint density at radius 1 is 1.04 bits per heavy atom. The third-order valence-corrected chi connectivity index (χ3v) is 2.93. The molecule has 0 spiro atoms. The quantitative estimate of drug-likeness (QED) is 0.393. The molecule has 118 valence electrons. The fraction of sp³-hybridized carbons (Fsp3) is 0.125. The second-order valence-corrected chi connectivity index (χ2v) is 4.89. The molecule has 2 aromatic carbocycles. The Kier molecular flexibility index (Phi) is 5.40. The molecule has 0 bridgehead atoms. The molecule has 0 heterocycles. The molecule has 23 heavy (non-hydrogen) atoms. The van der Waals surface area contributed by atoms with Gasteiger partial charge in [0.15, 0.2) is 0 Å². The van der Waals surface area contributed by atoms with Crippen molar-refractivity contribution in [3.8, 4) is 0 Å². The summed E-state index contributed by atoms with van der Waals surface area (Å²) in [4.78, 5) is 12.9. The van der Waals surface area contributed by atoms with Crippen LogP contribution in [0.2, 0.25) is 0 Å². The number of hydrogen-bond acceptors (Lipinski definition) is 4. The van der Waals surface area contributed by atoms with Gasteiger partial charge in [-0.2, -0.15) is 0 Å². The van der Waals surface area contributed by atoms with Crippen molar-refractivity contribution in [2.45, 2.75) is 0 Å². The Balaban J connectivity index is 2.28. The number of benzene rings is 2. The largest absolute Gasteiger partial charge is 0.378 e. The monoisotopic (exact) mass is 310 g/mol. The average molecular weight is 310 g/mol. The van der Waals surface area contributed by atoms with Crippen molar-refractivity contribution in [3.05, 3.63) is 60.2 Å². The average Bonchev–Trinajstić information content (AvgIpc) is 2.56. The van der Waals surface area contributed by atoms with Crippen LogP contribution in [0.15, 0.2) is 69.9 Å². The molecule has 0 aliphatic carbocycles. The van der Waals surface area contributed by atoms with E-state index >= 15 is 0 Å². The van der Waals surface area contributed by atoms with Crippen molar-refractivity contribution in [2.75, 3.05) is 19.0 Å². The van der Waals surface area contributed by atoms with Crippen molar-refractivity contribution < 1.29 is 4.79 Å². The molecular formula is C16H18N6O. The van der Waals surface area contributed by atoms with E-state index in [0.29, 0.717) is 11.3 Å². The van der Waals surface area contributed by atoms with Gasteiger partial charge < -0.3 is 10.6 Å². The lowest BCUT2D eigenvalue weighted by Crippen LogP contribution is -2.25. The SMILES string of the molecule is CN(C)c1ccc(/C(N=Nc2ccccc2)=N/NC(N)=O)cc1. The summed E-state index contributed by atoms with van der Waals surface area (Å²) in [6, 6.07) is 16.0. The van der Waals surface area contributed by atoms with Crippen LogP contribution < -0.4 is 16.1 Å². The Bertz CT molecular complexity index is 707. The predicted octanol–water partition coefficient (Wildman–Crippen LogP) is 2.87. The maximum Gasteiger partial charge on any atom is 0.332 e. The van der Waals surface area contributed by atoms with E-state index in [0.717, 1.165) is 5.69 Å². The summed E-state index contributed by atoms with van der Waals surface area (Å²) in [7, 11) is 3.90. The minimum atomic E-state index is -0.762. The number of hydrogen-bond donors (Lipinski definition) is 2. The van der Waals surface area contributed by atoms with Crippen molar-refractivity contribution >= 4 is 23.2 Å². The number of hydrazone groups is 1. The van der Waals surface area contributed by atoms with Gasteiger partial charge in [0.05, 0.1) is 5.69 Å². The fourth-order valence-corrected chi connectivity index (χ4v) is 1.76. The van der Waals surface area contributed by atoms with E-state index in [-0.39, 0.29) is 5.84 Å². The van der Waals surface area contributed by atoms with Gasteiger partial charge in [0.25, 0.3) is 0 Å². The first-order valence-electron chi connectivity index (χ1n) is 6.94. The highest BCUT2D eigenvalue weighted by molar-refractivity contribution is 6.00. The summed E-state index contributed by atoms with van der Waals surface area (Å²) < 4.78 is 0. The van der Waals surface area contributed by atoms with E-state index in [1.54, 1.807) is 0 Å². The van der Waals surface area contributed by atoms with E-state index in [4.69, 9.17) is 5.73 Å². The number of urea groups is 1. The van der Waals surface area contributed by atoms with Crippen LogP contribution in [0, 0.1) is 0 Å². The van der Waals surface area contributed by atoms with Gasteiger partial charge in [-0.1, -0.05) is 18.2 Å². The van der Waals surface area contributed by atoms with Gasteiger partial charge in [0.1, 0.15) is 0 Å². The smallest absolute Gasteiger partial charge is 0.332 e. The van der Waals surface area contributed by atoms with Gasteiger partial charge in [0, 0.05) is 25.3 Å². The van der Waals surface area contributed by atoms with E-state index in [9.17, 15) is 4.79 Å². The predicted molar refractivity (Wildman–Crippen MR) is 91.0 cm³/mol. The number of carbonyl (C=O) groups excluding carboxylic acids is 1. The molecule has 0 aliphatic heterocycles. The zero-order valence-electron chi connectivity index (χ0n) is 13.0. The number of nitrogens with one attached hydrogen (secondary N) is 1. The van der Waals surface area contributed by atoms with Crippen molar-refractivity contribution in [1.29, 1.82) is 0 Å². The van der Waals surface area contributed by atoms with Crippen molar-refractivity contribution in [2.24, 2.45) is 21.1 Å². The summed E-state index contributed by atoms with van der Waals surface area (Å²) in [6.07, 6.45) is 0. The standard InChI is InChI=1S/C16H18N6O/c1-22(2)14-10-8-12(9-11-14)15(20-21-16(17)23)19-18-13-6-4-3-5-7-13/h3-11H,1-2H3,(H3,17,21,23)/b19-18?,20-15-. The Morgan fingerprint density at radius 2 is 1.70 bits per heavy atom. The van der Waals surface area contributed by atoms with Gasteiger partial charge >= 0.3 is 6.03 Å². The lowest BCUT2D eigenvalue weighted by Gasteiger charge is -2.12. The van der Waals surface area contributed by atoms with Gasteiger partial charge in [-0.15, -0.1) is 15.3 Å². The molecule has 7 nitrogen and oxygen atoms in total. The van der Waals surface area contributed by atoms with Crippen molar-refractivity contribution in [3.63, 3.8) is 0 Å². The molecule has 2 aromatic rings. The number of anilines is 1. The van der Waals surface area contributed by atoms with Crippen LogP contribution in [0.1, 0.15) is 5.56 Å². The molecule has 0 radical (unpaired) electrons. The molecule has 0 atom stereocenters. The first-order chi connectivity index (χ1) is 11.1. The molecule has 0 saturated heterocycles. The van der Waals surface area contributed by atoms with Crippen LogP contribution in [0.3, 0.4) is 0 Å². The highest BCUT2D eigenvalue weighted by Crippen LogP contribution is 2.15. The lowest BCUT2D eigenvalue weighted by molar-refractivity contribution is 0.249. The summed E-state index contributed by atoms with van der Waals surface area (Å²) >= 11 is 0. The molecule has 0 unspecified atom stereocenters. The van der Waals surface area contributed by atoms with Crippen LogP contribution in [-0.4, -0.2) is 26.0 Å². The van der Waals surface area contributed by atoms with Gasteiger partial charge in [-0.3, -0.25) is 0 Å². The number of nitrogens with two attached hydrogens (primary N) is 1. The molecule has 0 saturated carbocycles. The van der Waals surface area contributed by atoms with Crippen LogP contribution in [0.25, 0.3) is 0 Å². The molecule has 0 aliphatic rings. The minimum absolute atomic E-state index is 0.262. The zero-order valence-corrected chi connectivity index (χ0v) is 13.0.